The zero-order valence-electron chi connectivity index (χ0n) is 18.8. The van der Waals surface area contributed by atoms with Crippen molar-refractivity contribution in [2.45, 2.75) is 32.7 Å². The van der Waals surface area contributed by atoms with Crippen molar-refractivity contribution in [2.75, 3.05) is 18.1 Å². The zero-order chi connectivity index (χ0) is 22.9. The van der Waals surface area contributed by atoms with E-state index in [1.807, 2.05) is 47.4 Å². The topological polar surface area (TPSA) is 47.4 Å². The number of halogens is 1. The van der Waals surface area contributed by atoms with E-state index in [-0.39, 0.29) is 11.8 Å². The molecule has 33 heavy (non-hydrogen) atoms. The summed E-state index contributed by atoms with van der Waals surface area (Å²) in [6.45, 7) is 5.97. The van der Waals surface area contributed by atoms with Crippen molar-refractivity contribution in [1.82, 2.24) is 9.55 Å². The average molecular weight is 504 g/mol. The molecule has 0 N–H and O–H groups in total. The number of amides is 1. The summed E-state index contributed by atoms with van der Waals surface area (Å²) < 4.78 is 9.25. The maximum atomic E-state index is 12.9. The minimum Gasteiger partial charge on any atom is -0.492 e. The molecule has 1 aliphatic rings. The molecule has 0 radical (unpaired) electrons. The van der Waals surface area contributed by atoms with E-state index in [1.54, 1.807) is 0 Å². The van der Waals surface area contributed by atoms with Gasteiger partial charge in [0, 0.05) is 23.4 Å². The maximum Gasteiger partial charge on any atom is 0.227 e. The van der Waals surface area contributed by atoms with Gasteiger partial charge < -0.3 is 14.2 Å². The predicted octanol–water partition coefficient (Wildman–Crippen LogP) is 6.02. The van der Waals surface area contributed by atoms with Gasteiger partial charge in [0.05, 0.1) is 23.3 Å². The van der Waals surface area contributed by atoms with Crippen LogP contribution in [0.2, 0.25) is 0 Å². The van der Waals surface area contributed by atoms with Gasteiger partial charge in [-0.2, -0.15) is 0 Å². The second-order valence-corrected chi connectivity index (χ2v) is 9.49. The summed E-state index contributed by atoms with van der Waals surface area (Å²) in [6, 6.07) is 22.3. The standard InChI is InChI=1S/C27H26BrN3O2/c1-18-13-19(2)15-21(14-18)33-12-11-30-25-10-6-4-8-23(25)29-27(30)20-16-26(32)31(17-20)24-9-5-3-7-22(24)28/h3-10,13-15,20H,11-12,16-17H2,1-2H3. The van der Waals surface area contributed by atoms with E-state index in [9.17, 15) is 4.79 Å². The molecule has 3 aromatic carbocycles. The number of carbonyl (C=O) groups is 1. The quantitative estimate of drug-likeness (QED) is 0.323. The number of fused-ring (bicyclic) bond motifs is 1. The highest BCUT2D eigenvalue weighted by molar-refractivity contribution is 9.10. The third-order valence-corrected chi connectivity index (χ3v) is 6.77. The van der Waals surface area contributed by atoms with Crippen molar-refractivity contribution in [3.05, 3.63) is 88.2 Å². The molecule has 1 saturated heterocycles. The van der Waals surface area contributed by atoms with Crippen LogP contribution in [0.3, 0.4) is 0 Å². The number of rotatable bonds is 6. The summed E-state index contributed by atoms with van der Waals surface area (Å²) >= 11 is 3.59. The summed E-state index contributed by atoms with van der Waals surface area (Å²) in [5.74, 6) is 1.98. The van der Waals surface area contributed by atoms with Gasteiger partial charge in [0.1, 0.15) is 18.2 Å². The number of imidazole rings is 1. The first-order valence-electron chi connectivity index (χ1n) is 11.2. The van der Waals surface area contributed by atoms with Gasteiger partial charge >= 0.3 is 0 Å². The Labute approximate surface area is 202 Å². The van der Waals surface area contributed by atoms with E-state index in [1.165, 1.54) is 11.1 Å². The first-order chi connectivity index (χ1) is 16.0. The minimum atomic E-state index is 0.0261. The Morgan fingerprint density at radius 3 is 2.55 bits per heavy atom. The van der Waals surface area contributed by atoms with Crippen LogP contribution >= 0.6 is 15.9 Å². The number of hydrogen-bond acceptors (Lipinski definition) is 3. The van der Waals surface area contributed by atoms with Gasteiger partial charge in [-0.3, -0.25) is 4.79 Å². The molecule has 1 aliphatic heterocycles. The first-order valence-corrected chi connectivity index (χ1v) is 12.0. The molecule has 0 bridgehead atoms. The molecule has 6 heteroatoms. The van der Waals surface area contributed by atoms with Crippen LogP contribution in [-0.2, 0) is 11.3 Å². The number of benzene rings is 3. The summed E-state index contributed by atoms with van der Waals surface area (Å²) in [4.78, 5) is 19.8. The number of nitrogens with zero attached hydrogens (tertiary/aromatic N) is 3. The highest BCUT2D eigenvalue weighted by Gasteiger charge is 2.35. The monoisotopic (exact) mass is 503 g/mol. The van der Waals surface area contributed by atoms with Crippen molar-refractivity contribution in [3.63, 3.8) is 0 Å². The summed E-state index contributed by atoms with van der Waals surface area (Å²) in [6.07, 6.45) is 0.447. The molecule has 1 aromatic heterocycles. The van der Waals surface area contributed by atoms with E-state index >= 15 is 0 Å². The van der Waals surface area contributed by atoms with Crippen LogP contribution in [0.5, 0.6) is 5.75 Å². The number of hydrogen-bond donors (Lipinski definition) is 0. The van der Waals surface area contributed by atoms with Crippen LogP contribution in [0.25, 0.3) is 11.0 Å². The van der Waals surface area contributed by atoms with Gasteiger partial charge in [-0.25, -0.2) is 4.98 Å². The SMILES string of the molecule is Cc1cc(C)cc(OCCn2c(C3CC(=O)N(c4ccccc4Br)C3)nc3ccccc32)c1. The van der Waals surface area contributed by atoms with Crippen molar-refractivity contribution in [2.24, 2.45) is 0 Å². The Morgan fingerprint density at radius 1 is 1.03 bits per heavy atom. The van der Waals surface area contributed by atoms with Crippen LogP contribution in [0.15, 0.2) is 71.2 Å². The molecule has 1 unspecified atom stereocenters. The van der Waals surface area contributed by atoms with Crippen molar-refractivity contribution in [3.8, 4) is 5.75 Å². The van der Waals surface area contributed by atoms with E-state index in [4.69, 9.17) is 9.72 Å². The largest absolute Gasteiger partial charge is 0.492 e. The molecular weight excluding hydrogens is 478 g/mol. The van der Waals surface area contributed by atoms with Crippen LogP contribution in [0.1, 0.15) is 29.3 Å². The number of aryl methyl sites for hydroxylation is 2. The molecule has 0 spiro atoms. The number of para-hydroxylation sites is 3. The zero-order valence-corrected chi connectivity index (χ0v) is 20.4. The molecule has 168 valence electrons. The Morgan fingerprint density at radius 2 is 1.76 bits per heavy atom. The van der Waals surface area contributed by atoms with Crippen LogP contribution in [0, 0.1) is 13.8 Å². The van der Waals surface area contributed by atoms with Crippen molar-refractivity contribution >= 4 is 38.6 Å². The van der Waals surface area contributed by atoms with Crippen molar-refractivity contribution in [1.29, 1.82) is 0 Å². The van der Waals surface area contributed by atoms with E-state index in [2.05, 4.69) is 58.6 Å². The van der Waals surface area contributed by atoms with Gasteiger partial charge in [-0.15, -0.1) is 0 Å². The minimum absolute atomic E-state index is 0.0261. The summed E-state index contributed by atoms with van der Waals surface area (Å²) in [5.41, 5.74) is 5.31. The molecule has 4 aromatic rings. The third kappa shape index (κ3) is 4.40. The fourth-order valence-electron chi connectivity index (χ4n) is 4.70. The molecule has 1 atom stereocenters. The third-order valence-electron chi connectivity index (χ3n) is 6.10. The lowest BCUT2D eigenvalue weighted by Crippen LogP contribution is -2.25. The second-order valence-electron chi connectivity index (χ2n) is 8.64. The molecule has 1 fully saturated rings. The number of carbonyl (C=O) groups excluding carboxylic acids is 1. The average Bonchev–Trinajstić information content (AvgIpc) is 3.34. The lowest BCUT2D eigenvalue weighted by molar-refractivity contribution is -0.117. The second kappa shape index (κ2) is 9.02. The summed E-state index contributed by atoms with van der Waals surface area (Å²) in [5, 5.41) is 0. The normalized spacial score (nSPS) is 16.0. The molecular formula is C27H26BrN3O2. The van der Waals surface area contributed by atoms with Crippen molar-refractivity contribution < 1.29 is 9.53 Å². The Balaban J connectivity index is 1.41. The maximum absolute atomic E-state index is 12.9. The van der Waals surface area contributed by atoms with Gasteiger partial charge in [-0.1, -0.05) is 30.3 Å². The Bertz CT molecular complexity index is 1310. The fourth-order valence-corrected chi connectivity index (χ4v) is 5.19. The molecule has 1 amide bonds. The smallest absolute Gasteiger partial charge is 0.227 e. The fraction of sp³-hybridized carbons (Fsp3) is 0.259. The Kier molecular flexibility index (Phi) is 5.94. The summed E-state index contributed by atoms with van der Waals surface area (Å²) in [7, 11) is 0. The highest BCUT2D eigenvalue weighted by Crippen LogP contribution is 2.36. The first kappa shape index (κ1) is 21.7. The van der Waals surface area contributed by atoms with E-state index in [0.717, 1.165) is 32.8 Å². The van der Waals surface area contributed by atoms with Gasteiger partial charge in [0.2, 0.25) is 5.91 Å². The van der Waals surface area contributed by atoms with Crippen LogP contribution < -0.4 is 9.64 Å². The molecule has 5 nitrogen and oxygen atoms in total. The van der Waals surface area contributed by atoms with Crippen LogP contribution in [-0.4, -0.2) is 28.6 Å². The van der Waals surface area contributed by atoms with Crippen LogP contribution in [0.4, 0.5) is 5.69 Å². The molecule has 2 heterocycles. The molecule has 5 rings (SSSR count). The number of ether oxygens (including phenoxy) is 1. The highest BCUT2D eigenvalue weighted by atomic mass is 79.9. The van der Waals surface area contributed by atoms with E-state index in [0.29, 0.717) is 26.1 Å². The number of aromatic nitrogens is 2. The molecule has 0 saturated carbocycles. The van der Waals surface area contributed by atoms with Gasteiger partial charge in [0.15, 0.2) is 0 Å². The lowest BCUT2D eigenvalue weighted by Gasteiger charge is -2.19. The Hall–Kier alpha value is -3.12. The lowest BCUT2D eigenvalue weighted by atomic mass is 10.1. The van der Waals surface area contributed by atoms with E-state index < -0.39 is 0 Å². The number of anilines is 1. The molecule has 0 aliphatic carbocycles. The van der Waals surface area contributed by atoms with Gasteiger partial charge in [0.25, 0.3) is 0 Å². The predicted molar refractivity (Wildman–Crippen MR) is 135 cm³/mol. The van der Waals surface area contributed by atoms with Gasteiger partial charge in [-0.05, 0) is 77.3 Å².